The lowest BCUT2D eigenvalue weighted by Crippen LogP contribution is -2.36. The predicted molar refractivity (Wildman–Crippen MR) is 110 cm³/mol. The average molecular weight is 408 g/mol. The van der Waals surface area contributed by atoms with E-state index in [9.17, 15) is 9.18 Å². The molecule has 30 heavy (non-hydrogen) atoms. The molecular weight excluding hydrogens is 383 g/mol. The second-order valence-electron chi connectivity index (χ2n) is 8.25. The molecule has 1 fully saturated rings. The first kappa shape index (κ1) is 19.2. The minimum absolute atomic E-state index is 0.135. The second kappa shape index (κ2) is 7.80. The minimum atomic E-state index is -0.173. The molecule has 0 unspecified atom stereocenters. The van der Waals surface area contributed by atoms with Crippen LogP contribution in [0.2, 0.25) is 0 Å². The van der Waals surface area contributed by atoms with Crippen LogP contribution in [0.25, 0.3) is 5.65 Å². The van der Waals surface area contributed by atoms with Crippen LogP contribution in [0.15, 0.2) is 30.6 Å². The second-order valence-corrected chi connectivity index (χ2v) is 8.25. The molecule has 1 aromatic carbocycles. The first-order valence-electron chi connectivity index (χ1n) is 10.6. The van der Waals surface area contributed by atoms with E-state index in [-0.39, 0.29) is 11.7 Å². The highest BCUT2D eigenvalue weighted by molar-refractivity contribution is 5.73. The maximum atomic E-state index is 14.4. The fraction of sp³-hybridized carbons (Fsp3) is 0.435. The minimum Gasteiger partial charge on any atom is -0.372 e. The van der Waals surface area contributed by atoms with E-state index in [0.717, 1.165) is 54.0 Å². The summed E-state index contributed by atoms with van der Waals surface area (Å²) in [5.74, 6) is 0.295. The standard InChI is InChI=1S/C23H25FN4O2/c1-15(29)27-9-7-16(8-10-27)20-11-18-13-30-12-17-3-2-4-21(24)19(17)5-6-22(18)28-14-25-26-23(20)28/h2-4,11,14,16H,5-10,12-13H2,1H3. The Morgan fingerprint density at radius 2 is 1.97 bits per heavy atom. The van der Waals surface area contributed by atoms with E-state index in [2.05, 4.69) is 20.7 Å². The molecule has 0 saturated carbocycles. The third-order valence-corrected chi connectivity index (χ3v) is 6.52. The lowest BCUT2D eigenvalue weighted by Gasteiger charge is -2.32. The molecule has 1 saturated heterocycles. The van der Waals surface area contributed by atoms with Crippen molar-refractivity contribution in [2.24, 2.45) is 0 Å². The van der Waals surface area contributed by atoms with Gasteiger partial charge in [0, 0.05) is 31.3 Å². The lowest BCUT2D eigenvalue weighted by atomic mass is 9.88. The van der Waals surface area contributed by atoms with Crippen LogP contribution in [-0.2, 0) is 35.6 Å². The summed E-state index contributed by atoms with van der Waals surface area (Å²) >= 11 is 0. The first-order valence-corrected chi connectivity index (χ1v) is 10.6. The topological polar surface area (TPSA) is 59.7 Å². The number of hydrogen-bond donors (Lipinski definition) is 0. The Morgan fingerprint density at radius 1 is 1.17 bits per heavy atom. The Bertz CT molecular complexity index is 1100. The van der Waals surface area contributed by atoms with E-state index in [4.69, 9.17) is 4.74 Å². The van der Waals surface area contributed by atoms with Gasteiger partial charge in [-0.3, -0.25) is 9.20 Å². The zero-order valence-electron chi connectivity index (χ0n) is 17.1. The van der Waals surface area contributed by atoms with Crippen LogP contribution >= 0.6 is 0 Å². The van der Waals surface area contributed by atoms with Gasteiger partial charge in [0.25, 0.3) is 0 Å². The number of rotatable bonds is 1. The number of benzene rings is 1. The van der Waals surface area contributed by atoms with Gasteiger partial charge < -0.3 is 9.64 Å². The van der Waals surface area contributed by atoms with Gasteiger partial charge in [-0.2, -0.15) is 0 Å². The van der Waals surface area contributed by atoms with E-state index in [1.165, 1.54) is 11.6 Å². The Balaban J connectivity index is 1.51. The van der Waals surface area contributed by atoms with Gasteiger partial charge in [-0.15, -0.1) is 10.2 Å². The molecule has 0 aliphatic carbocycles. The van der Waals surface area contributed by atoms with Crippen molar-refractivity contribution in [2.45, 2.75) is 51.7 Å². The summed E-state index contributed by atoms with van der Waals surface area (Å²) in [4.78, 5) is 13.6. The van der Waals surface area contributed by atoms with Crippen LogP contribution in [0.4, 0.5) is 4.39 Å². The van der Waals surface area contributed by atoms with Crippen molar-refractivity contribution < 1.29 is 13.9 Å². The molecule has 2 aromatic heterocycles. The van der Waals surface area contributed by atoms with Crippen molar-refractivity contribution in [2.75, 3.05) is 13.1 Å². The molecule has 3 aromatic rings. The molecule has 156 valence electrons. The maximum Gasteiger partial charge on any atom is 0.219 e. The molecule has 0 atom stereocenters. The Kier molecular flexibility index (Phi) is 4.98. The highest BCUT2D eigenvalue weighted by Crippen LogP contribution is 2.33. The van der Waals surface area contributed by atoms with Gasteiger partial charge in [-0.25, -0.2) is 4.39 Å². The number of ether oxygens (including phenoxy) is 1. The molecule has 0 spiro atoms. The lowest BCUT2D eigenvalue weighted by molar-refractivity contribution is -0.129. The monoisotopic (exact) mass is 408 g/mol. The normalized spacial score (nSPS) is 17.7. The highest BCUT2D eigenvalue weighted by atomic mass is 19.1. The summed E-state index contributed by atoms with van der Waals surface area (Å²) in [7, 11) is 0. The number of aromatic nitrogens is 3. The molecule has 1 amide bonds. The predicted octanol–water partition coefficient (Wildman–Crippen LogP) is 3.41. The number of nitrogens with zero attached hydrogens (tertiary/aromatic N) is 4. The quantitative estimate of drug-likeness (QED) is 0.619. The van der Waals surface area contributed by atoms with Gasteiger partial charge in [-0.1, -0.05) is 12.1 Å². The summed E-state index contributed by atoms with van der Waals surface area (Å²) in [6, 6.07) is 7.41. The number of hydrogen-bond acceptors (Lipinski definition) is 4. The summed E-state index contributed by atoms with van der Waals surface area (Å²) in [6.45, 7) is 4.03. The Hall–Kier alpha value is -2.80. The molecule has 0 bridgehead atoms. The van der Waals surface area contributed by atoms with Crippen molar-refractivity contribution in [1.29, 1.82) is 0 Å². The average Bonchev–Trinajstić information content (AvgIpc) is 3.25. The van der Waals surface area contributed by atoms with E-state index in [1.54, 1.807) is 19.3 Å². The van der Waals surface area contributed by atoms with Crippen LogP contribution in [-0.4, -0.2) is 38.5 Å². The maximum absolute atomic E-state index is 14.4. The van der Waals surface area contributed by atoms with Crippen LogP contribution in [0.1, 0.15) is 53.6 Å². The third-order valence-electron chi connectivity index (χ3n) is 6.52. The molecular formula is C23H25FN4O2. The van der Waals surface area contributed by atoms with E-state index in [1.807, 2.05) is 11.0 Å². The number of fused-ring (bicyclic) bond motifs is 4. The Morgan fingerprint density at radius 3 is 2.77 bits per heavy atom. The first-order chi connectivity index (χ1) is 14.6. The van der Waals surface area contributed by atoms with Crippen molar-refractivity contribution >= 4 is 11.6 Å². The number of halogens is 1. The summed E-state index contributed by atoms with van der Waals surface area (Å²) in [6.07, 6.45) is 4.89. The number of carbonyl (C=O) groups is 1. The van der Waals surface area contributed by atoms with Gasteiger partial charge >= 0.3 is 0 Å². The van der Waals surface area contributed by atoms with Gasteiger partial charge in [0.05, 0.1) is 13.2 Å². The highest BCUT2D eigenvalue weighted by Gasteiger charge is 2.26. The van der Waals surface area contributed by atoms with Crippen LogP contribution in [0.3, 0.4) is 0 Å². The van der Waals surface area contributed by atoms with Gasteiger partial charge in [0.2, 0.25) is 5.91 Å². The van der Waals surface area contributed by atoms with E-state index >= 15 is 0 Å². The number of pyridine rings is 1. The molecule has 7 heteroatoms. The molecule has 2 aliphatic rings. The molecule has 0 N–H and O–H groups in total. The fourth-order valence-corrected chi connectivity index (χ4v) is 4.86. The largest absolute Gasteiger partial charge is 0.372 e. The van der Waals surface area contributed by atoms with Crippen LogP contribution in [0, 0.1) is 5.82 Å². The van der Waals surface area contributed by atoms with Crippen LogP contribution in [0.5, 0.6) is 0 Å². The SMILES string of the molecule is CC(=O)N1CCC(c2cc3c(n4cnnc24)CCc2c(F)cccc2COC3)CC1. The molecule has 2 aliphatic heterocycles. The summed E-state index contributed by atoms with van der Waals surface area (Å²) in [5, 5.41) is 8.59. The van der Waals surface area contributed by atoms with Gasteiger partial charge in [0.15, 0.2) is 5.65 Å². The van der Waals surface area contributed by atoms with Crippen molar-refractivity contribution in [3.63, 3.8) is 0 Å². The van der Waals surface area contributed by atoms with Crippen LogP contribution < -0.4 is 0 Å². The van der Waals surface area contributed by atoms with Crippen molar-refractivity contribution in [3.8, 4) is 0 Å². The number of carbonyl (C=O) groups excluding carboxylic acids is 1. The fourth-order valence-electron chi connectivity index (χ4n) is 4.86. The third kappa shape index (κ3) is 3.37. The van der Waals surface area contributed by atoms with Gasteiger partial charge in [-0.05, 0) is 60.4 Å². The van der Waals surface area contributed by atoms with E-state index < -0.39 is 0 Å². The summed E-state index contributed by atoms with van der Waals surface area (Å²) in [5.41, 5.74) is 5.87. The smallest absolute Gasteiger partial charge is 0.219 e. The molecule has 5 rings (SSSR count). The number of aryl methyl sites for hydroxylation is 1. The molecule has 4 heterocycles. The molecule has 0 radical (unpaired) electrons. The Labute approximate surface area is 174 Å². The zero-order valence-corrected chi connectivity index (χ0v) is 17.1. The van der Waals surface area contributed by atoms with E-state index in [0.29, 0.717) is 32.0 Å². The van der Waals surface area contributed by atoms with Gasteiger partial charge in [0.1, 0.15) is 12.1 Å². The number of piperidine rings is 1. The van der Waals surface area contributed by atoms with Crippen molar-refractivity contribution in [1.82, 2.24) is 19.5 Å². The number of likely N-dealkylation sites (tertiary alicyclic amines) is 1. The zero-order chi connectivity index (χ0) is 20.7. The van der Waals surface area contributed by atoms with Crippen molar-refractivity contribution in [3.05, 3.63) is 64.4 Å². The molecule has 6 nitrogen and oxygen atoms in total. The number of amides is 1. The summed E-state index contributed by atoms with van der Waals surface area (Å²) < 4.78 is 22.5.